The number of thioether (sulfide) groups is 1. The summed E-state index contributed by atoms with van der Waals surface area (Å²) < 4.78 is 0. The van der Waals surface area contributed by atoms with Gasteiger partial charge >= 0.3 is 0 Å². The number of benzene rings is 1. The van der Waals surface area contributed by atoms with Gasteiger partial charge in [0.2, 0.25) is 0 Å². The van der Waals surface area contributed by atoms with Crippen LogP contribution in [0.25, 0.3) is 0 Å². The number of rotatable bonds is 6. The lowest BCUT2D eigenvalue weighted by Gasteiger charge is -2.10. The van der Waals surface area contributed by atoms with E-state index in [-0.39, 0.29) is 5.69 Å². The fourth-order valence-electron chi connectivity index (χ4n) is 1.43. The highest BCUT2D eigenvalue weighted by Crippen LogP contribution is 2.25. The van der Waals surface area contributed by atoms with Gasteiger partial charge in [0.25, 0.3) is 5.69 Å². The monoisotopic (exact) mass is 265 g/mol. The van der Waals surface area contributed by atoms with Crippen LogP contribution in [0.5, 0.6) is 0 Å². The first kappa shape index (κ1) is 14.3. The quantitative estimate of drug-likeness (QED) is 0.631. The molecule has 18 heavy (non-hydrogen) atoms. The first-order valence-corrected chi connectivity index (χ1v) is 6.82. The third kappa shape index (κ3) is 3.93. The molecule has 0 bridgehead atoms. The molecular formula is C12H15N3O2S. The topological polar surface area (TPSA) is 79.0 Å². The van der Waals surface area contributed by atoms with E-state index >= 15 is 0 Å². The molecule has 1 aromatic carbocycles. The molecule has 0 aliphatic carbocycles. The van der Waals surface area contributed by atoms with Gasteiger partial charge in [-0.3, -0.25) is 10.1 Å². The molecule has 0 heterocycles. The summed E-state index contributed by atoms with van der Waals surface area (Å²) in [6, 6.07) is 6.35. The van der Waals surface area contributed by atoms with Crippen LogP contribution >= 0.6 is 11.8 Å². The summed E-state index contributed by atoms with van der Waals surface area (Å²) in [5.41, 5.74) is 0.711. The maximum atomic E-state index is 10.9. The maximum absolute atomic E-state index is 10.9. The van der Waals surface area contributed by atoms with Gasteiger partial charge in [0, 0.05) is 17.9 Å². The highest BCUT2D eigenvalue weighted by molar-refractivity contribution is 7.99. The molecule has 6 heteroatoms. The van der Waals surface area contributed by atoms with E-state index < -0.39 is 4.92 Å². The van der Waals surface area contributed by atoms with E-state index in [0.717, 1.165) is 6.42 Å². The molecule has 0 spiro atoms. The molecule has 0 aliphatic rings. The largest absolute Gasteiger partial charge is 0.379 e. The Morgan fingerprint density at radius 2 is 2.33 bits per heavy atom. The van der Waals surface area contributed by atoms with Gasteiger partial charge in [-0.25, -0.2) is 0 Å². The summed E-state index contributed by atoms with van der Waals surface area (Å²) in [5, 5.41) is 23.2. The second-order valence-electron chi connectivity index (χ2n) is 3.86. The van der Waals surface area contributed by atoms with Crippen molar-refractivity contribution in [2.75, 3.05) is 18.1 Å². The molecule has 1 aromatic rings. The van der Waals surface area contributed by atoms with E-state index in [9.17, 15) is 10.1 Å². The Labute approximate surface area is 110 Å². The van der Waals surface area contributed by atoms with Crippen molar-refractivity contribution in [3.63, 3.8) is 0 Å². The highest BCUT2D eigenvalue weighted by Gasteiger charge is 2.14. The predicted molar refractivity (Wildman–Crippen MR) is 73.9 cm³/mol. The van der Waals surface area contributed by atoms with Crippen LogP contribution < -0.4 is 5.32 Å². The second kappa shape index (κ2) is 6.87. The summed E-state index contributed by atoms with van der Waals surface area (Å²) in [7, 11) is 0. The van der Waals surface area contributed by atoms with E-state index in [4.69, 9.17) is 5.26 Å². The maximum Gasteiger partial charge on any atom is 0.293 e. The molecule has 0 saturated carbocycles. The molecule has 0 amide bonds. The van der Waals surface area contributed by atoms with Crippen molar-refractivity contribution in [1.82, 2.24) is 0 Å². The summed E-state index contributed by atoms with van der Waals surface area (Å²) in [6.07, 6.45) is 2.97. The van der Waals surface area contributed by atoms with Gasteiger partial charge in [-0.15, -0.1) is 0 Å². The third-order valence-corrected chi connectivity index (χ3v) is 3.63. The first-order chi connectivity index (χ1) is 8.58. The predicted octanol–water partition coefficient (Wildman–Crippen LogP) is 3.02. The Morgan fingerprint density at radius 3 is 2.89 bits per heavy atom. The van der Waals surface area contributed by atoms with Crippen LogP contribution in [-0.2, 0) is 0 Å². The fourth-order valence-corrected chi connectivity index (χ4v) is 1.78. The Kier molecular flexibility index (Phi) is 5.46. The van der Waals surface area contributed by atoms with Gasteiger partial charge in [0.15, 0.2) is 0 Å². The lowest BCUT2D eigenvalue weighted by molar-refractivity contribution is -0.384. The minimum absolute atomic E-state index is 0.0501. The SMILES string of the molecule is CSC(C)CCNc1ccc(C#N)cc1[N+](=O)[O-]. The first-order valence-electron chi connectivity index (χ1n) is 5.53. The van der Waals surface area contributed by atoms with Crippen molar-refractivity contribution in [1.29, 1.82) is 5.26 Å². The standard InChI is InChI=1S/C12H15N3O2S/c1-9(18-2)5-6-14-11-4-3-10(8-13)7-12(11)15(16)17/h3-4,7,9,14H,5-6H2,1-2H3. The van der Waals surface area contributed by atoms with Crippen LogP contribution in [0.4, 0.5) is 11.4 Å². The second-order valence-corrected chi connectivity index (χ2v) is 5.14. The Bertz CT molecular complexity index is 471. The molecule has 96 valence electrons. The molecule has 0 radical (unpaired) electrons. The summed E-state index contributed by atoms with van der Waals surface area (Å²) in [5.74, 6) is 0. The summed E-state index contributed by atoms with van der Waals surface area (Å²) in [4.78, 5) is 10.4. The van der Waals surface area contributed by atoms with E-state index in [1.54, 1.807) is 23.9 Å². The van der Waals surface area contributed by atoms with Gasteiger partial charge in [0.05, 0.1) is 16.6 Å². The summed E-state index contributed by atoms with van der Waals surface area (Å²) >= 11 is 1.76. The van der Waals surface area contributed by atoms with Gasteiger partial charge in [-0.2, -0.15) is 17.0 Å². The van der Waals surface area contributed by atoms with Crippen LogP contribution in [0.2, 0.25) is 0 Å². The van der Waals surface area contributed by atoms with E-state index in [0.29, 0.717) is 23.0 Å². The average Bonchev–Trinajstić information content (AvgIpc) is 2.38. The smallest absolute Gasteiger partial charge is 0.293 e. The molecule has 1 atom stereocenters. The van der Waals surface area contributed by atoms with E-state index in [1.165, 1.54) is 6.07 Å². The fraction of sp³-hybridized carbons (Fsp3) is 0.417. The normalized spacial score (nSPS) is 11.6. The molecule has 0 aromatic heterocycles. The van der Waals surface area contributed by atoms with Crippen molar-refractivity contribution in [3.8, 4) is 6.07 Å². The Hall–Kier alpha value is -1.74. The van der Waals surface area contributed by atoms with E-state index in [1.807, 2.05) is 12.3 Å². The molecule has 1 rings (SSSR count). The van der Waals surface area contributed by atoms with Crippen molar-refractivity contribution >= 4 is 23.1 Å². The van der Waals surface area contributed by atoms with Crippen LogP contribution in [0.1, 0.15) is 18.9 Å². The zero-order valence-corrected chi connectivity index (χ0v) is 11.2. The molecule has 0 saturated heterocycles. The number of hydrogen-bond acceptors (Lipinski definition) is 5. The number of nitrogens with zero attached hydrogens (tertiary/aromatic N) is 2. The number of nitriles is 1. The average molecular weight is 265 g/mol. The number of nitro groups is 1. The molecule has 0 aliphatic heterocycles. The van der Waals surface area contributed by atoms with Crippen LogP contribution in [-0.4, -0.2) is 23.0 Å². The van der Waals surface area contributed by atoms with Crippen molar-refractivity contribution in [2.24, 2.45) is 0 Å². The minimum atomic E-state index is -0.471. The molecule has 1 N–H and O–H groups in total. The van der Waals surface area contributed by atoms with Crippen molar-refractivity contribution in [2.45, 2.75) is 18.6 Å². The number of nitrogens with one attached hydrogen (secondary N) is 1. The van der Waals surface area contributed by atoms with Gasteiger partial charge in [-0.05, 0) is 24.8 Å². The van der Waals surface area contributed by atoms with Crippen molar-refractivity contribution in [3.05, 3.63) is 33.9 Å². The molecule has 5 nitrogen and oxygen atoms in total. The van der Waals surface area contributed by atoms with Crippen LogP contribution in [0.15, 0.2) is 18.2 Å². The van der Waals surface area contributed by atoms with Crippen LogP contribution in [0, 0.1) is 21.4 Å². The van der Waals surface area contributed by atoms with Crippen molar-refractivity contribution < 1.29 is 4.92 Å². The minimum Gasteiger partial charge on any atom is -0.379 e. The number of hydrogen-bond donors (Lipinski definition) is 1. The van der Waals surface area contributed by atoms with Crippen LogP contribution in [0.3, 0.4) is 0 Å². The molecule has 0 fully saturated rings. The lowest BCUT2D eigenvalue weighted by atomic mass is 10.2. The highest BCUT2D eigenvalue weighted by atomic mass is 32.2. The molecular weight excluding hydrogens is 250 g/mol. The zero-order valence-electron chi connectivity index (χ0n) is 10.3. The zero-order chi connectivity index (χ0) is 13.5. The van der Waals surface area contributed by atoms with Gasteiger partial charge in [0.1, 0.15) is 5.69 Å². The number of anilines is 1. The number of nitro benzene ring substituents is 1. The third-order valence-electron chi connectivity index (χ3n) is 2.59. The summed E-state index contributed by atoms with van der Waals surface area (Å²) in [6.45, 7) is 2.79. The molecule has 1 unspecified atom stereocenters. The Balaban J connectivity index is 2.76. The van der Waals surface area contributed by atoms with Gasteiger partial charge in [-0.1, -0.05) is 6.92 Å². The lowest BCUT2D eigenvalue weighted by Crippen LogP contribution is -2.09. The van der Waals surface area contributed by atoms with Gasteiger partial charge < -0.3 is 5.32 Å². The Morgan fingerprint density at radius 1 is 1.61 bits per heavy atom. The van der Waals surface area contributed by atoms with E-state index in [2.05, 4.69) is 12.2 Å².